The predicted octanol–water partition coefficient (Wildman–Crippen LogP) is 4.86. The molecule has 0 aliphatic heterocycles. The zero-order valence-corrected chi connectivity index (χ0v) is 13.1. The van der Waals surface area contributed by atoms with Crippen molar-refractivity contribution in [3.8, 4) is 0 Å². The number of rotatable bonds is 2. The lowest BCUT2D eigenvalue weighted by Crippen LogP contribution is -2.11. The normalized spacial score (nSPS) is 12.8. The average Bonchev–Trinajstić information content (AvgIpc) is 2.79. The molecule has 1 aromatic heterocycles. The van der Waals surface area contributed by atoms with Crippen LogP contribution >= 0.6 is 15.9 Å². The van der Waals surface area contributed by atoms with Crippen molar-refractivity contribution >= 4 is 26.9 Å². The molecular formula is C17H16BrNO. The fourth-order valence-corrected chi connectivity index (χ4v) is 3.07. The highest BCUT2D eigenvalue weighted by Gasteiger charge is 2.15. The second kappa shape index (κ2) is 5.08. The first kappa shape index (κ1) is 13.4. The summed E-state index contributed by atoms with van der Waals surface area (Å²) in [4.78, 5) is 0. The van der Waals surface area contributed by atoms with E-state index < -0.39 is 0 Å². The highest BCUT2D eigenvalue weighted by Crippen LogP contribution is 2.29. The fraction of sp³-hybridized carbons (Fsp3) is 0.176. The van der Waals surface area contributed by atoms with Crippen molar-refractivity contribution in [3.63, 3.8) is 0 Å². The molecule has 3 aromatic rings. The van der Waals surface area contributed by atoms with Gasteiger partial charge in [0, 0.05) is 9.86 Å². The molecule has 2 aromatic carbocycles. The van der Waals surface area contributed by atoms with E-state index in [1.165, 1.54) is 11.1 Å². The van der Waals surface area contributed by atoms with Gasteiger partial charge in [0.05, 0.1) is 6.04 Å². The van der Waals surface area contributed by atoms with E-state index in [4.69, 9.17) is 10.2 Å². The first-order valence-electron chi connectivity index (χ1n) is 6.56. The Hall–Kier alpha value is -1.58. The van der Waals surface area contributed by atoms with Gasteiger partial charge in [-0.05, 0) is 55.3 Å². The summed E-state index contributed by atoms with van der Waals surface area (Å²) < 4.78 is 6.92. The summed E-state index contributed by atoms with van der Waals surface area (Å²) in [5.74, 6) is 0.795. The average molecular weight is 330 g/mol. The minimum absolute atomic E-state index is 0.251. The molecule has 1 heterocycles. The largest absolute Gasteiger partial charge is 0.459 e. The first-order valence-corrected chi connectivity index (χ1v) is 7.35. The number of halogens is 1. The smallest absolute Gasteiger partial charge is 0.134 e. The van der Waals surface area contributed by atoms with E-state index in [9.17, 15) is 0 Å². The summed E-state index contributed by atoms with van der Waals surface area (Å²) in [5.41, 5.74) is 10.7. The van der Waals surface area contributed by atoms with Gasteiger partial charge in [-0.2, -0.15) is 0 Å². The highest BCUT2D eigenvalue weighted by atomic mass is 79.9. The number of fused-ring (bicyclic) bond motifs is 1. The van der Waals surface area contributed by atoms with E-state index in [0.29, 0.717) is 0 Å². The molecule has 0 radical (unpaired) electrons. The van der Waals surface area contributed by atoms with Crippen molar-refractivity contribution in [2.45, 2.75) is 19.9 Å². The zero-order chi connectivity index (χ0) is 14.3. The number of hydrogen-bond donors (Lipinski definition) is 1. The molecule has 1 atom stereocenters. The summed E-state index contributed by atoms with van der Waals surface area (Å²) in [6, 6.07) is 14.1. The Kier molecular flexibility index (Phi) is 3.40. The Morgan fingerprint density at radius 2 is 1.80 bits per heavy atom. The second-order valence-electron chi connectivity index (χ2n) is 5.23. The quantitative estimate of drug-likeness (QED) is 0.729. The maximum Gasteiger partial charge on any atom is 0.134 e. The first-order chi connectivity index (χ1) is 9.52. The molecule has 102 valence electrons. The Morgan fingerprint density at radius 1 is 1.00 bits per heavy atom. The number of furan rings is 1. The van der Waals surface area contributed by atoms with E-state index in [2.05, 4.69) is 48.0 Å². The third kappa shape index (κ3) is 2.51. The SMILES string of the molecule is Cc1cc(Br)cc(C(N)c2cc3cc(C)ccc3o2)c1. The minimum Gasteiger partial charge on any atom is -0.459 e. The summed E-state index contributed by atoms with van der Waals surface area (Å²) in [5, 5.41) is 1.10. The number of hydrogen-bond acceptors (Lipinski definition) is 2. The van der Waals surface area contributed by atoms with Crippen molar-refractivity contribution in [2.75, 3.05) is 0 Å². The van der Waals surface area contributed by atoms with Crippen LogP contribution in [0.2, 0.25) is 0 Å². The minimum atomic E-state index is -0.251. The van der Waals surface area contributed by atoms with E-state index in [0.717, 1.165) is 26.8 Å². The van der Waals surface area contributed by atoms with E-state index >= 15 is 0 Å². The monoisotopic (exact) mass is 329 g/mol. The number of aryl methyl sites for hydroxylation is 2. The van der Waals surface area contributed by atoms with Gasteiger partial charge in [0.2, 0.25) is 0 Å². The van der Waals surface area contributed by atoms with Crippen molar-refractivity contribution in [1.29, 1.82) is 0 Å². The maximum atomic E-state index is 6.34. The van der Waals surface area contributed by atoms with Crippen molar-refractivity contribution in [1.82, 2.24) is 0 Å². The Bertz CT molecular complexity index is 756. The van der Waals surface area contributed by atoms with Gasteiger partial charge >= 0.3 is 0 Å². The molecule has 3 rings (SSSR count). The summed E-state index contributed by atoms with van der Waals surface area (Å²) in [6.07, 6.45) is 0. The van der Waals surface area contributed by atoms with E-state index in [1.54, 1.807) is 0 Å². The number of benzene rings is 2. The molecule has 0 aliphatic rings. The van der Waals surface area contributed by atoms with Crippen LogP contribution in [-0.4, -0.2) is 0 Å². The summed E-state index contributed by atoms with van der Waals surface area (Å²) in [7, 11) is 0. The predicted molar refractivity (Wildman–Crippen MR) is 85.9 cm³/mol. The molecule has 3 heteroatoms. The molecule has 2 nitrogen and oxygen atoms in total. The summed E-state index contributed by atoms with van der Waals surface area (Å²) >= 11 is 3.51. The standard InChI is InChI=1S/C17H16BrNO/c1-10-3-4-15-12(5-10)9-16(20-15)17(19)13-6-11(2)7-14(18)8-13/h3-9,17H,19H2,1-2H3. The lowest BCUT2D eigenvalue weighted by molar-refractivity contribution is 0.525. The zero-order valence-electron chi connectivity index (χ0n) is 11.5. The van der Waals surface area contributed by atoms with Gasteiger partial charge in [-0.1, -0.05) is 33.6 Å². The van der Waals surface area contributed by atoms with Crippen molar-refractivity contribution in [2.24, 2.45) is 5.73 Å². The third-order valence-electron chi connectivity index (χ3n) is 3.42. The molecule has 20 heavy (non-hydrogen) atoms. The van der Waals surface area contributed by atoms with Crippen molar-refractivity contribution in [3.05, 3.63) is 69.4 Å². The van der Waals surface area contributed by atoms with Gasteiger partial charge in [0.25, 0.3) is 0 Å². The van der Waals surface area contributed by atoms with Crippen LogP contribution in [0.1, 0.15) is 28.5 Å². The third-order valence-corrected chi connectivity index (χ3v) is 3.88. The molecule has 1 unspecified atom stereocenters. The molecule has 0 amide bonds. The van der Waals surface area contributed by atoms with Crippen LogP contribution in [0.3, 0.4) is 0 Å². The van der Waals surface area contributed by atoms with Gasteiger partial charge in [-0.15, -0.1) is 0 Å². The van der Waals surface area contributed by atoms with E-state index in [1.807, 2.05) is 24.3 Å². The van der Waals surface area contributed by atoms with Crippen LogP contribution < -0.4 is 5.73 Å². The number of nitrogens with two attached hydrogens (primary N) is 1. The van der Waals surface area contributed by atoms with Crippen LogP contribution in [0, 0.1) is 13.8 Å². The van der Waals surface area contributed by atoms with Crippen molar-refractivity contribution < 1.29 is 4.42 Å². The highest BCUT2D eigenvalue weighted by molar-refractivity contribution is 9.10. The fourth-order valence-electron chi connectivity index (χ4n) is 2.45. The van der Waals surface area contributed by atoms with Crippen LogP contribution in [0.4, 0.5) is 0 Å². The van der Waals surface area contributed by atoms with Crippen LogP contribution in [0.5, 0.6) is 0 Å². The van der Waals surface area contributed by atoms with Gasteiger partial charge in [0.1, 0.15) is 11.3 Å². The molecule has 0 fully saturated rings. The van der Waals surface area contributed by atoms with Crippen LogP contribution in [0.25, 0.3) is 11.0 Å². The second-order valence-corrected chi connectivity index (χ2v) is 6.15. The van der Waals surface area contributed by atoms with Gasteiger partial charge in [-0.3, -0.25) is 0 Å². The van der Waals surface area contributed by atoms with E-state index in [-0.39, 0.29) is 6.04 Å². The van der Waals surface area contributed by atoms with Crippen LogP contribution in [-0.2, 0) is 0 Å². The van der Waals surface area contributed by atoms with Gasteiger partial charge < -0.3 is 10.2 Å². The lowest BCUT2D eigenvalue weighted by Gasteiger charge is -2.10. The molecule has 0 saturated carbocycles. The molecule has 0 aliphatic carbocycles. The molecular weight excluding hydrogens is 314 g/mol. The molecule has 0 bridgehead atoms. The topological polar surface area (TPSA) is 39.2 Å². The van der Waals surface area contributed by atoms with Crippen LogP contribution in [0.15, 0.2) is 51.4 Å². The molecule has 0 saturated heterocycles. The van der Waals surface area contributed by atoms with Gasteiger partial charge in [-0.25, -0.2) is 0 Å². The Morgan fingerprint density at radius 3 is 2.55 bits per heavy atom. The maximum absolute atomic E-state index is 6.34. The Balaban J connectivity index is 2.05. The molecule has 0 spiro atoms. The lowest BCUT2D eigenvalue weighted by atomic mass is 10.0. The molecule has 2 N–H and O–H groups in total. The summed E-state index contributed by atoms with van der Waals surface area (Å²) in [6.45, 7) is 4.13. The van der Waals surface area contributed by atoms with Gasteiger partial charge in [0.15, 0.2) is 0 Å². The Labute approximate surface area is 126 Å².